The number of benzene rings is 3. The summed E-state index contributed by atoms with van der Waals surface area (Å²) in [6, 6.07) is 20.0. The molecular weight excluding hydrogens is 427 g/mol. The number of hydrogen-bond donors (Lipinski definition) is 1. The fourth-order valence-corrected chi connectivity index (χ4v) is 2.72. The highest BCUT2D eigenvalue weighted by Gasteiger charge is 2.11. The normalized spacial score (nSPS) is 10.6. The number of carbonyl (C=O) groups excluding carboxylic acids is 2. The third kappa shape index (κ3) is 6.34. The predicted molar refractivity (Wildman–Crippen MR) is 116 cm³/mol. The quantitative estimate of drug-likeness (QED) is 0.248. The molecule has 0 spiro atoms. The summed E-state index contributed by atoms with van der Waals surface area (Å²) in [5.74, 6) is -0.120. The van der Waals surface area contributed by atoms with Crippen molar-refractivity contribution in [2.75, 3.05) is 6.61 Å². The van der Waals surface area contributed by atoms with Crippen LogP contribution in [-0.2, 0) is 4.79 Å². The number of rotatable bonds is 7. The lowest BCUT2D eigenvalue weighted by atomic mass is 10.2. The van der Waals surface area contributed by atoms with Crippen molar-refractivity contribution in [2.24, 2.45) is 5.10 Å². The third-order valence-corrected chi connectivity index (χ3v) is 4.32. The number of carbonyl (C=O) groups is 2. The first-order valence-electron chi connectivity index (χ1n) is 8.78. The predicted octanol–water partition coefficient (Wildman–Crippen LogP) is 4.74. The zero-order chi connectivity index (χ0) is 21.3. The Hall–Kier alpha value is -3.35. The van der Waals surface area contributed by atoms with E-state index in [9.17, 15) is 9.59 Å². The molecular formula is C22H16Cl2N2O4. The molecule has 0 unspecified atom stereocenters. The van der Waals surface area contributed by atoms with Crippen LogP contribution in [-0.4, -0.2) is 24.7 Å². The zero-order valence-corrected chi connectivity index (χ0v) is 17.1. The Morgan fingerprint density at radius 2 is 1.70 bits per heavy atom. The van der Waals surface area contributed by atoms with Crippen molar-refractivity contribution in [3.05, 3.63) is 94.0 Å². The van der Waals surface area contributed by atoms with E-state index in [2.05, 4.69) is 10.5 Å². The summed E-state index contributed by atoms with van der Waals surface area (Å²) in [6.45, 7) is -0.200. The monoisotopic (exact) mass is 442 g/mol. The number of hydrogen-bond acceptors (Lipinski definition) is 5. The molecule has 0 radical (unpaired) electrons. The third-order valence-electron chi connectivity index (χ3n) is 3.75. The largest absolute Gasteiger partial charge is 0.484 e. The Bertz CT molecular complexity index is 1070. The molecule has 0 saturated carbocycles. The first-order chi connectivity index (χ1) is 14.5. The molecule has 0 saturated heterocycles. The Morgan fingerprint density at radius 1 is 0.933 bits per heavy atom. The summed E-state index contributed by atoms with van der Waals surface area (Å²) in [5.41, 5.74) is 3.35. The number of amides is 1. The molecule has 0 aliphatic rings. The van der Waals surface area contributed by atoms with Crippen LogP contribution in [0.3, 0.4) is 0 Å². The minimum absolute atomic E-state index is 0.200. The van der Waals surface area contributed by atoms with Crippen LogP contribution in [0, 0.1) is 0 Å². The summed E-state index contributed by atoms with van der Waals surface area (Å²) >= 11 is 11.8. The maximum atomic E-state index is 12.1. The lowest BCUT2D eigenvalue weighted by Crippen LogP contribution is -2.24. The van der Waals surface area contributed by atoms with Crippen molar-refractivity contribution < 1.29 is 19.1 Å². The molecule has 8 heteroatoms. The van der Waals surface area contributed by atoms with Gasteiger partial charge in [-0.15, -0.1) is 0 Å². The minimum atomic E-state index is -0.547. The Labute approximate surface area is 183 Å². The van der Waals surface area contributed by atoms with Gasteiger partial charge in [0.25, 0.3) is 5.91 Å². The van der Waals surface area contributed by atoms with E-state index in [1.165, 1.54) is 6.21 Å². The number of nitrogens with zero attached hydrogens (tertiary/aromatic N) is 1. The standard InChI is InChI=1S/C22H16Cl2N2O4/c23-16-4-3-5-18(12-16)29-14-21(27)26-25-13-15-8-10-17(11-9-15)30-22(28)19-6-1-2-7-20(19)24/h1-13H,14H2,(H,26,27). The fraction of sp³-hybridized carbons (Fsp3) is 0.0455. The molecule has 3 rings (SSSR count). The molecule has 0 bridgehead atoms. The lowest BCUT2D eigenvalue weighted by molar-refractivity contribution is -0.123. The Balaban J connectivity index is 1.48. The van der Waals surface area contributed by atoms with Gasteiger partial charge in [0, 0.05) is 5.02 Å². The number of hydrazone groups is 1. The van der Waals surface area contributed by atoms with E-state index in [-0.39, 0.29) is 12.2 Å². The van der Waals surface area contributed by atoms with Crippen LogP contribution in [0.5, 0.6) is 11.5 Å². The number of ether oxygens (including phenoxy) is 2. The smallest absolute Gasteiger partial charge is 0.345 e. The van der Waals surface area contributed by atoms with Crippen LogP contribution in [0.1, 0.15) is 15.9 Å². The van der Waals surface area contributed by atoms with Crippen LogP contribution in [0.2, 0.25) is 10.0 Å². The van der Waals surface area contributed by atoms with Gasteiger partial charge in [0.2, 0.25) is 0 Å². The highest BCUT2D eigenvalue weighted by atomic mass is 35.5. The molecule has 152 valence electrons. The number of nitrogens with one attached hydrogen (secondary N) is 1. The van der Waals surface area contributed by atoms with E-state index >= 15 is 0 Å². The summed E-state index contributed by atoms with van der Waals surface area (Å²) in [5, 5.41) is 4.71. The molecule has 0 aromatic heterocycles. The first kappa shape index (κ1) is 21.4. The number of halogens is 2. The minimum Gasteiger partial charge on any atom is -0.484 e. The second-order valence-electron chi connectivity index (χ2n) is 5.98. The topological polar surface area (TPSA) is 77.0 Å². The van der Waals surface area contributed by atoms with Gasteiger partial charge in [0.05, 0.1) is 16.8 Å². The maximum Gasteiger partial charge on any atom is 0.345 e. The second-order valence-corrected chi connectivity index (χ2v) is 6.82. The molecule has 3 aromatic carbocycles. The Kier molecular flexibility index (Phi) is 7.43. The van der Waals surface area contributed by atoms with Gasteiger partial charge in [-0.3, -0.25) is 4.79 Å². The van der Waals surface area contributed by atoms with E-state index in [0.717, 1.165) is 0 Å². The van der Waals surface area contributed by atoms with Crippen molar-refractivity contribution in [3.8, 4) is 11.5 Å². The molecule has 0 aliphatic heterocycles. The van der Waals surface area contributed by atoms with Gasteiger partial charge in [-0.1, -0.05) is 41.4 Å². The van der Waals surface area contributed by atoms with Gasteiger partial charge in [-0.2, -0.15) is 5.10 Å². The van der Waals surface area contributed by atoms with E-state index < -0.39 is 11.9 Å². The second kappa shape index (κ2) is 10.4. The van der Waals surface area contributed by atoms with Gasteiger partial charge in [0.15, 0.2) is 6.61 Å². The first-order valence-corrected chi connectivity index (χ1v) is 9.54. The van der Waals surface area contributed by atoms with Crippen LogP contribution in [0.25, 0.3) is 0 Å². The van der Waals surface area contributed by atoms with Crippen molar-refractivity contribution >= 4 is 41.3 Å². The van der Waals surface area contributed by atoms with E-state index in [0.29, 0.717) is 27.1 Å². The average molecular weight is 443 g/mol. The van der Waals surface area contributed by atoms with Gasteiger partial charge in [0.1, 0.15) is 11.5 Å². The van der Waals surface area contributed by atoms with Crippen molar-refractivity contribution in [1.82, 2.24) is 5.43 Å². The number of esters is 1. The molecule has 6 nitrogen and oxygen atoms in total. The highest BCUT2D eigenvalue weighted by molar-refractivity contribution is 6.33. The molecule has 0 heterocycles. The summed E-state index contributed by atoms with van der Waals surface area (Å²) < 4.78 is 10.6. The van der Waals surface area contributed by atoms with E-state index in [1.54, 1.807) is 72.8 Å². The van der Waals surface area contributed by atoms with Crippen molar-refractivity contribution in [3.63, 3.8) is 0 Å². The average Bonchev–Trinajstić information content (AvgIpc) is 2.74. The molecule has 0 atom stereocenters. The fourth-order valence-electron chi connectivity index (χ4n) is 2.33. The van der Waals surface area contributed by atoms with Crippen LogP contribution < -0.4 is 14.9 Å². The summed E-state index contributed by atoms with van der Waals surface area (Å²) in [4.78, 5) is 23.9. The molecule has 0 aliphatic carbocycles. The molecule has 1 amide bonds. The summed E-state index contributed by atoms with van der Waals surface area (Å²) in [6.07, 6.45) is 1.46. The lowest BCUT2D eigenvalue weighted by Gasteiger charge is -2.06. The van der Waals surface area contributed by atoms with E-state index in [4.69, 9.17) is 32.7 Å². The molecule has 1 N–H and O–H groups in total. The van der Waals surface area contributed by atoms with Gasteiger partial charge in [-0.25, -0.2) is 10.2 Å². The molecule has 30 heavy (non-hydrogen) atoms. The van der Waals surface area contributed by atoms with Gasteiger partial charge >= 0.3 is 5.97 Å². The van der Waals surface area contributed by atoms with Gasteiger partial charge in [-0.05, 0) is 60.2 Å². The Morgan fingerprint density at radius 3 is 2.43 bits per heavy atom. The SMILES string of the molecule is O=C(COc1cccc(Cl)c1)NN=Cc1ccc(OC(=O)c2ccccc2Cl)cc1. The maximum absolute atomic E-state index is 12.1. The van der Waals surface area contributed by atoms with Crippen molar-refractivity contribution in [1.29, 1.82) is 0 Å². The van der Waals surface area contributed by atoms with E-state index in [1.807, 2.05) is 0 Å². The van der Waals surface area contributed by atoms with Crippen LogP contribution >= 0.6 is 23.2 Å². The van der Waals surface area contributed by atoms with Crippen LogP contribution in [0.15, 0.2) is 77.9 Å². The van der Waals surface area contributed by atoms with Crippen LogP contribution in [0.4, 0.5) is 0 Å². The summed E-state index contributed by atoms with van der Waals surface area (Å²) in [7, 11) is 0. The van der Waals surface area contributed by atoms with Crippen molar-refractivity contribution in [2.45, 2.75) is 0 Å². The molecule has 0 fully saturated rings. The van der Waals surface area contributed by atoms with Gasteiger partial charge < -0.3 is 9.47 Å². The molecule has 3 aromatic rings. The zero-order valence-electron chi connectivity index (χ0n) is 15.5. The highest BCUT2D eigenvalue weighted by Crippen LogP contribution is 2.19.